The van der Waals surface area contributed by atoms with Crippen molar-refractivity contribution in [3.63, 3.8) is 0 Å². The minimum Gasteiger partial charge on any atom is -0.342 e. The molecule has 0 saturated carbocycles. The number of unbranched alkanes of at least 4 members (excludes halogenated alkanes) is 1. The monoisotopic (exact) mass is 276 g/mol. The van der Waals surface area contributed by atoms with Crippen molar-refractivity contribution in [3.05, 3.63) is 29.6 Å². The van der Waals surface area contributed by atoms with Crippen molar-refractivity contribution in [2.24, 2.45) is 0 Å². The van der Waals surface area contributed by atoms with E-state index in [1.54, 1.807) is 0 Å². The molecular formula is C12H12ClF3N2. The average molecular weight is 277 g/mol. The Kier molecular flexibility index (Phi) is 3.80. The summed E-state index contributed by atoms with van der Waals surface area (Å²) in [5, 5.41) is 0. The summed E-state index contributed by atoms with van der Waals surface area (Å²) in [6.45, 7) is 0. The van der Waals surface area contributed by atoms with Crippen LogP contribution in [0.15, 0.2) is 18.2 Å². The van der Waals surface area contributed by atoms with Gasteiger partial charge >= 0.3 is 6.18 Å². The van der Waals surface area contributed by atoms with E-state index < -0.39 is 11.7 Å². The summed E-state index contributed by atoms with van der Waals surface area (Å²) < 4.78 is 37.6. The Bertz CT molecular complexity index is 534. The van der Waals surface area contributed by atoms with Gasteiger partial charge in [0.2, 0.25) is 0 Å². The number of aromatic nitrogens is 2. The van der Waals surface area contributed by atoms with E-state index in [1.165, 1.54) is 6.07 Å². The highest BCUT2D eigenvalue weighted by Gasteiger charge is 2.30. The molecule has 6 heteroatoms. The fourth-order valence-electron chi connectivity index (χ4n) is 1.74. The van der Waals surface area contributed by atoms with Crippen LogP contribution >= 0.6 is 11.6 Å². The van der Waals surface area contributed by atoms with E-state index in [0.717, 1.165) is 25.0 Å². The van der Waals surface area contributed by atoms with Crippen LogP contribution in [0.5, 0.6) is 0 Å². The molecule has 2 nitrogen and oxygen atoms in total. The summed E-state index contributed by atoms with van der Waals surface area (Å²) >= 11 is 5.56. The van der Waals surface area contributed by atoms with Gasteiger partial charge in [0.05, 0.1) is 16.6 Å². The zero-order valence-electron chi connectivity index (χ0n) is 9.52. The average Bonchev–Trinajstić information content (AvgIpc) is 2.69. The molecule has 1 heterocycles. The van der Waals surface area contributed by atoms with E-state index in [1.807, 2.05) is 0 Å². The van der Waals surface area contributed by atoms with E-state index in [-0.39, 0.29) is 0 Å². The third-order valence-corrected chi connectivity index (χ3v) is 2.92. The van der Waals surface area contributed by atoms with Crippen molar-refractivity contribution in [1.82, 2.24) is 9.97 Å². The minimum atomic E-state index is -4.32. The van der Waals surface area contributed by atoms with E-state index in [0.29, 0.717) is 29.2 Å². The lowest BCUT2D eigenvalue weighted by Gasteiger charge is -2.05. The lowest BCUT2D eigenvalue weighted by Crippen LogP contribution is -2.04. The number of nitrogens with one attached hydrogen (secondary N) is 1. The summed E-state index contributed by atoms with van der Waals surface area (Å²) in [6.07, 6.45) is -1.89. The zero-order chi connectivity index (χ0) is 13.2. The fraction of sp³-hybridized carbons (Fsp3) is 0.417. The van der Waals surface area contributed by atoms with Gasteiger partial charge in [0.25, 0.3) is 0 Å². The molecule has 98 valence electrons. The van der Waals surface area contributed by atoms with Crippen LogP contribution in [0, 0.1) is 0 Å². The number of nitrogens with zero attached hydrogens (tertiary/aromatic N) is 1. The molecule has 0 atom stereocenters. The molecule has 0 radical (unpaired) electrons. The summed E-state index contributed by atoms with van der Waals surface area (Å²) in [5.41, 5.74) is 0.320. The van der Waals surface area contributed by atoms with Crippen LogP contribution < -0.4 is 0 Å². The van der Waals surface area contributed by atoms with Crippen LogP contribution in [0.25, 0.3) is 11.0 Å². The first-order valence-corrected chi connectivity index (χ1v) is 6.16. The summed E-state index contributed by atoms with van der Waals surface area (Å²) in [6, 6.07) is 3.53. The number of hydrogen-bond donors (Lipinski definition) is 1. The number of imidazole rings is 1. The molecular weight excluding hydrogens is 265 g/mol. The molecule has 0 bridgehead atoms. The lowest BCUT2D eigenvalue weighted by molar-refractivity contribution is -0.137. The van der Waals surface area contributed by atoms with E-state index in [2.05, 4.69) is 9.97 Å². The molecule has 0 aliphatic heterocycles. The van der Waals surface area contributed by atoms with Gasteiger partial charge in [-0.25, -0.2) is 4.98 Å². The molecule has 0 unspecified atom stereocenters. The van der Waals surface area contributed by atoms with Crippen LogP contribution in [0.3, 0.4) is 0 Å². The predicted octanol–water partition coefficient (Wildman–Crippen LogP) is 4.14. The SMILES string of the molecule is FC(F)(F)c1ccc2nc(CCCCCl)[nH]c2c1. The maximum absolute atomic E-state index is 12.5. The maximum Gasteiger partial charge on any atom is 0.416 e. The minimum absolute atomic E-state index is 0.422. The topological polar surface area (TPSA) is 28.7 Å². The Morgan fingerprint density at radius 3 is 2.67 bits per heavy atom. The quantitative estimate of drug-likeness (QED) is 0.660. The molecule has 0 saturated heterocycles. The molecule has 18 heavy (non-hydrogen) atoms. The summed E-state index contributed by atoms with van der Waals surface area (Å²) in [5.74, 6) is 1.28. The highest BCUT2D eigenvalue weighted by Crippen LogP contribution is 2.30. The smallest absolute Gasteiger partial charge is 0.342 e. The van der Waals surface area contributed by atoms with Crippen molar-refractivity contribution in [2.75, 3.05) is 5.88 Å². The second kappa shape index (κ2) is 5.18. The van der Waals surface area contributed by atoms with Crippen molar-refractivity contribution < 1.29 is 13.2 Å². The van der Waals surface area contributed by atoms with Gasteiger partial charge in [-0.15, -0.1) is 11.6 Å². The number of aromatic amines is 1. The van der Waals surface area contributed by atoms with Gasteiger partial charge in [-0.2, -0.15) is 13.2 Å². The molecule has 0 fully saturated rings. The number of alkyl halides is 4. The molecule has 0 spiro atoms. The molecule has 1 N–H and O–H groups in total. The highest BCUT2D eigenvalue weighted by atomic mass is 35.5. The van der Waals surface area contributed by atoms with Crippen LogP contribution in [-0.4, -0.2) is 15.8 Å². The van der Waals surface area contributed by atoms with Crippen molar-refractivity contribution in [2.45, 2.75) is 25.4 Å². The number of benzene rings is 1. The van der Waals surface area contributed by atoms with Crippen LogP contribution in [0.4, 0.5) is 13.2 Å². The van der Waals surface area contributed by atoms with Crippen molar-refractivity contribution in [1.29, 1.82) is 0 Å². The van der Waals surface area contributed by atoms with Gasteiger partial charge in [0.1, 0.15) is 5.82 Å². The lowest BCUT2D eigenvalue weighted by atomic mass is 10.2. The van der Waals surface area contributed by atoms with Crippen LogP contribution in [-0.2, 0) is 12.6 Å². The van der Waals surface area contributed by atoms with Gasteiger partial charge in [-0.1, -0.05) is 0 Å². The molecule has 0 amide bonds. The van der Waals surface area contributed by atoms with Crippen LogP contribution in [0.1, 0.15) is 24.2 Å². The highest BCUT2D eigenvalue weighted by molar-refractivity contribution is 6.17. The molecule has 1 aromatic carbocycles. The predicted molar refractivity (Wildman–Crippen MR) is 64.8 cm³/mol. The number of hydrogen-bond acceptors (Lipinski definition) is 1. The third-order valence-electron chi connectivity index (χ3n) is 2.66. The Balaban J connectivity index is 2.23. The van der Waals surface area contributed by atoms with Crippen molar-refractivity contribution >= 4 is 22.6 Å². The fourth-order valence-corrected chi connectivity index (χ4v) is 1.93. The summed E-state index contributed by atoms with van der Waals surface area (Å²) in [7, 11) is 0. The number of H-pyrrole nitrogens is 1. The first-order chi connectivity index (χ1) is 8.50. The molecule has 0 aliphatic carbocycles. The normalized spacial score (nSPS) is 12.2. The van der Waals surface area contributed by atoms with Gasteiger partial charge in [-0.05, 0) is 31.0 Å². The third kappa shape index (κ3) is 2.96. The van der Waals surface area contributed by atoms with Gasteiger partial charge in [0, 0.05) is 12.3 Å². The molecule has 2 rings (SSSR count). The van der Waals surface area contributed by atoms with E-state index in [4.69, 9.17) is 11.6 Å². The number of fused-ring (bicyclic) bond motifs is 1. The molecule has 0 aliphatic rings. The number of aryl methyl sites for hydroxylation is 1. The first-order valence-electron chi connectivity index (χ1n) is 5.62. The maximum atomic E-state index is 12.5. The van der Waals surface area contributed by atoms with Gasteiger partial charge < -0.3 is 4.98 Å². The van der Waals surface area contributed by atoms with E-state index >= 15 is 0 Å². The standard InChI is InChI=1S/C12H12ClF3N2/c13-6-2-1-3-11-17-9-5-4-8(12(14,15)16)7-10(9)18-11/h4-5,7H,1-3,6H2,(H,17,18). The first kappa shape index (κ1) is 13.2. The van der Waals surface area contributed by atoms with Gasteiger partial charge in [-0.3, -0.25) is 0 Å². The van der Waals surface area contributed by atoms with E-state index in [9.17, 15) is 13.2 Å². The zero-order valence-corrected chi connectivity index (χ0v) is 10.3. The Hall–Kier alpha value is -1.23. The van der Waals surface area contributed by atoms with Crippen molar-refractivity contribution in [3.8, 4) is 0 Å². The second-order valence-corrected chi connectivity index (χ2v) is 4.44. The number of rotatable bonds is 4. The van der Waals surface area contributed by atoms with Crippen LogP contribution in [0.2, 0.25) is 0 Å². The Morgan fingerprint density at radius 1 is 1.22 bits per heavy atom. The van der Waals surface area contributed by atoms with Gasteiger partial charge in [0.15, 0.2) is 0 Å². The largest absolute Gasteiger partial charge is 0.416 e. The Morgan fingerprint density at radius 2 is 2.00 bits per heavy atom. The number of halogens is 4. The summed E-state index contributed by atoms with van der Waals surface area (Å²) in [4.78, 5) is 7.15. The molecule has 1 aromatic heterocycles. The molecule has 2 aromatic rings. The Labute approximate surface area is 107 Å². The second-order valence-electron chi connectivity index (χ2n) is 4.06.